The number of hydrogen-bond acceptors (Lipinski definition) is 4. The Morgan fingerprint density at radius 2 is 1.84 bits per heavy atom. The van der Waals surface area contributed by atoms with Gasteiger partial charge in [-0.3, -0.25) is 4.79 Å². The number of benzene rings is 2. The van der Waals surface area contributed by atoms with Crippen LogP contribution < -0.4 is 0 Å². The molecule has 4 heteroatoms. The van der Waals surface area contributed by atoms with Gasteiger partial charge in [-0.15, -0.1) is 0 Å². The number of carbonyl (C=O) groups is 1. The van der Waals surface area contributed by atoms with Gasteiger partial charge in [0.25, 0.3) is 0 Å². The molecule has 2 N–H and O–H groups in total. The number of aryl methyl sites for hydroxylation is 1. The topological polar surface area (TPSA) is 66.8 Å². The van der Waals surface area contributed by atoms with Crippen LogP contribution in [-0.2, 0) is 22.4 Å². The second kappa shape index (κ2) is 9.52. The molecule has 0 heterocycles. The Kier molecular flexibility index (Phi) is 7.08. The van der Waals surface area contributed by atoms with E-state index in [1.54, 1.807) is 6.07 Å². The Morgan fingerprint density at radius 3 is 2.56 bits per heavy atom. The van der Waals surface area contributed by atoms with Crippen molar-refractivity contribution >= 4 is 5.97 Å². The fraction of sp³-hybridized carbons (Fsp3) is 0.286. The summed E-state index contributed by atoms with van der Waals surface area (Å²) in [5, 5.41) is 19.0. The van der Waals surface area contributed by atoms with Crippen LogP contribution in [0, 0.1) is 0 Å². The van der Waals surface area contributed by atoms with E-state index < -0.39 is 0 Å². The molecule has 0 saturated carbocycles. The van der Waals surface area contributed by atoms with Crippen molar-refractivity contribution in [2.75, 3.05) is 0 Å². The number of esters is 1. The number of carbonyl (C=O) groups excluding carboxylic acids is 1. The number of rotatable bonds is 8. The van der Waals surface area contributed by atoms with Crippen LogP contribution in [0.25, 0.3) is 0 Å². The van der Waals surface area contributed by atoms with Gasteiger partial charge < -0.3 is 14.9 Å². The highest BCUT2D eigenvalue weighted by Crippen LogP contribution is 2.24. The van der Waals surface area contributed by atoms with E-state index in [1.807, 2.05) is 25.1 Å². The second-order valence-corrected chi connectivity index (χ2v) is 6.14. The van der Waals surface area contributed by atoms with Crippen molar-refractivity contribution in [3.8, 4) is 11.5 Å². The van der Waals surface area contributed by atoms with Gasteiger partial charge in [-0.25, -0.2) is 0 Å². The zero-order valence-corrected chi connectivity index (χ0v) is 14.4. The number of unbranched alkanes of at least 4 members (excludes halogenated alkanes) is 1. The molecular weight excluding hydrogens is 316 g/mol. The van der Waals surface area contributed by atoms with Crippen LogP contribution >= 0.6 is 0 Å². The SMILES string of the molecule is C/C(=C\OC(=O)CCCCc1ccccc1)Cc1ccc(O)cc1O. The highest BCUT2D eigenvalue weighted by Gasteiger charge is 2.05. The first kappa shape index (κ1) is 18.6. The van der Waals surface area contributed by atoms with Gasteiger partial charge in [-0.2, -0.15) is 0 Å². The highest BCUT2D eigenvalue weighted by atomic mass is 16.5. The fourth-order valence-electron chi connectivity index (χ4n) is 2.51. The lowest BCUT2D eigenvalue weighted by Crippen LogP contribution is -2.01. The van der Waals surface area contributed by atoms with Crippen LogP contribution in [0.4, 0.5) is 0 Å². The third kappa shape index (κ3) is 6.71. The molecule has 0 unspecified atom stereocenters. The summed E-state index contributed by atoms with van der Waals surface area (Å²) in [6.07, 6.45) is 4.98. The molecule has 4 nitrogen and oxygen atoms in total. The van der Waals surface area contributed by atoms with E-state index in [9.17, 15) is 15.0 Å². The Bertz CT molecular complexity index is 720. The molecule has 0 radical (unpaired) electrons. The molecule has 2 aromatic rings. The summed E-state index contributed by atoms with van der Waals surface area (Å²) in [4.78, 5) is 11.8. The summed E-state index contributed by atoms with van der Waals surface area (Å²) in [5.41, 5.74) is 2.77. The molecule has 2 aromatic carbocycles. The van der Waals surface area contributed by atoms with Crippen LogP contribution in [0.3, 0.4) is 0 Å². The number of phenols is 2. The molecule has 0 aliphatic carbocycles. The van der Waals surface area contributed by atoms with Crippen molar-refractivity contribution in [1.82, 2.24) is 0 Å². The molecule has 0 aliphatic heterocycles. The van der Waals surface area contributed by atoms with Crippen LogP contribution in [0.15, 0.2) is 60.4 Å². The first-order chi connectivity index (χ1) is 12.0. The van der Waals surface area contributed by atoms with Gasteiger partial charge >= 0.3 is 5.97 Å². The van der Waals surface area contributed by atoms with Gasteiger partial charge in [0, 0.05) is 18.9 Å². The number of allylic oxidation sites excluding steroid dienone is 1. The molecule has 25 heavy (non-hydrogen) atoms. The number of phenolic OH excluding ortho intramolecular Hbond substituents is 2. The lowest BCUT2D eigenvalue weighted by molar-refractivity contribution is -0.138. The van der Waals surface area contributed by atoms with Crippen LogP contribution in [0.2, 0.25) is 0 Å². The van der Waals surface area contributed by atoms with Crippen LogP contribution in [0.5, 0.6) is 11.5 Å². The normalized spacial score (nSPS) is 11.3. The van der Waals surface area contributed by atoms with E-state index in [2.05, 4.69) is 12.1 Å². The maximum absolute atomic E-state index is 11.8. The van der Waals surface area contributed by atoms with Gasteiger partial charge in [0.05, 0.1) is 6.26 Å². The van der Waals surface area contributed by atoms with E-state index in [1.165, 1.54) is 24.0 Å². The molecule has 0 spiro atoms. The zero-order chi connectivity index (χ0) is 18.1. The quantitative estimate of drug-likeness (QED) is 0.422. The molecular formula is C21H24O4. The highest BCUT2D eigenvalue weighted by molar-refractivity contribution is 5.70. The molecule has 0 fully saturated rings. The average Bonchev–Trinajstić information content (AvgIpc) is 2.60. The predicted molar refractivity (Wildman–Crippen MR) is 97.3 cm³/mol. The fourth-order valence-corrected chi connectivity index (χ4v) is 2.51. The third-order valence-corrected chi connectivity index (χ3v) is 3.87. The summed E-state index contributed by atoms with van der Waals surface area (Å²) in [7, 11) is 0. The molecule has 0 bridgehead atoms. The summed E-state index contributed by atoms with van der Waals surface area (Å²) in [5.74, 6) is -0.202. The molecule has 0 amide bonds. The average molecular weight is 340 g/mol. The van der Waals surface area contributed by atoms with Gasteiger partial charge in [0.1, 0.15) is 11.5 Å². The zero-order valence-electron chi connectivity index (χ0n) is 14.4. The lowest BCUT2D eigenvalue weighted by Gasteiger charge is -2.06. The third-order valence-electron chi connectivity index (χ3n) is 3.87. The minimum absolute atomic E-state index is 0.0183. The summed E-state index contributed by atoms with van der Waals surface area (Å²) >= 11 is 0. The van der Waals surface area contributed by atoms with E-state index >= 15 is 0 Å². The molecule has 0 atom stereocenters. The summed E-state index contributed by atoms with van der Waals surface area (Å²) < 4.78 is 5.16. The van der Waals surface area contributed by atoms with E-state index in [0.717, 1.165) is 24.8 Å². The van der Waals surface area contributed by atoms with E-state index in [4.69, 9.17) is 4.74 Å². The molecule has 0 saturated heterocycles. The first-order valence-corrected chi connectivity index (χ1v) is 8.44. The lowest BCUT2D eigenvalue weighted by atomic mass is 10.1. The maximum Gasteiger partial charge on any atom is 0.310 e. The maximum atomic E-state index is 11.8. The predicted octanol–water partition coefficient (Wildman–Crippen LogP) is 4.50. The molecule has 132 valence electrons. The van der Waals surface area contributed by atoms with Gasteiger partial charge in [0.15, 0.2) is 0 Å². The van der Waals surface area contributed by atoms with E-state index in [-0.39, 0.29) is 17.5 Å². The van der Waals surface area contributed by atoms with Crippen molar-refractivity contribution in [3.63, 3.8) is 0 Å². The van der Waals surface area contributed by atoms with Crippen molar-refractivity contribution in [2.45, 2.75) is 39.0 Å². The minimum Gasteiger partial charge on any atom is -0.508 e. The van der Waals surface area contributed by atoms with E-state index in [0.29, 0.717) is 18.4 Å². The summed E-state index contributed by atoms with van der Waals surface area (Å²) in [6, 6.07) is 14.7. The van der Waals surface area contributed by atoms with Crippen molar-refractivity contribution in [1.29, 1.82) is 0 Å². The largest absolute Gasteiger partial charge is 0.508 e. The standard InChI is InChI=1S/C21H24O4/c1-16(13-18-11-12-19(22)14-20(18)23)15-25-21(24)10-6-5-9-17-7-3-2-4-8-17/h2-4,7-8,11-12,14-15,22-23H,5-6,9-10,13H2,1H3/b16-15+. The van der Waals surface area contributed by atoms with Crippen LogP contribution in [0.1, 0.15) is 37.3 Å². The number of ether oxygens (including phenoxy) is 1. The minimum atomic E-state index is -0.248. The second-order valence-electron chi connectivity index (χ2n) is 6.14. The monoisotopic (exact) mass is 340 g/mol. The Hall–Kier alpha value is -2.75. The Morgan fingerprint density at radius 1 is 1.08 bits per heavy atom. The van der Waals surface area contributed by atoms with Crippen LogP contribution in [-0.4, -0.2) is 16.2 Å². The van der Waals surface area contributed by atoms with Crippen molar-refractivity contribution in [2.24, 2.45) is 0 Å². The number of hydrogen-bond donors (Lipinski definition) is 2. The smallest absolute Gasteiger partial charge is 0.310 e. The summed E-state index contributed by atoms with van der Waals surface area (Å²) in [6.45, 7) is 1.83. The Balaban J connectivity index is 1.70. The molecule has 0 aromatic heterocycles. The van der Waals surface area contributed by atoms with Crippen molar-refractivity contribution < 1.29 is 19.7 Å². The number of aromatic hydroxyl groups is 2. The molecule has 2 rings (SSSR count). The molecule has 0 aliphatic rings. The Labute approximate surface area is 148 Å². The van der Waals surface area contributed by atoms with Gasteiger partial charge in [-0.1, -0.05) is 36.4 Å². The van der Waals surface area contributed by atoms with Gasteiger partial charge in [-0.05, 0) is 49.0 Å². The van der Waals surface area contributed by atoms with Gasteiger partial charge in [0.2, 0.25) is 0 Å². The first-order valence-electron chi connectivity index (χ1n) is 8.44. The van der Waals surface area contributed by atoms with Crippen molar-refractivity contribution in [3.05, 3.63) is 71.5 Å².